The van der Waals surface area contributed by atoms with Crippen molar-refractivity contribution in [1.82, 2.24) is 14.6 Å². The van der Waals surface area contributed by atoms with Crippen LogP contribution in [0.5, 0.6) is 0 Å². The first-order valence-electron chi connectivity index (χ1n) is 11.4. The molecule has 2 amide bonds. The number of hydrogen-bond acceptors (Lipinski definition) is 5. The van der Waals surface area contributed by atoms with Crippen molar-refractivity contribution in [1.29, 1.82) is 0 Å². The minimum Gasteiger partial charge on any atom is -0.392 e. The van der Waals surface area contributed by atoms with Crippen molar-refractivity contribution in [3.63, 3.8) is 0 Å². The number of alkyl halides is 2. The highest BCUT2D eigenvalue weighted by atomic mass is 35.5. The molecule has 0 fully saturated rings. The summed E-state index contributed by atoms with van der Waals surface area (Å²) in [5.74, 6) is 0. The van der Waals surface area contributed by atoms with E-state index >= 15 is 0 Å². The molecule has 3 N–H and O–H groups in total. The van der Waals surface area contributed by atoms with Gasteiger partial charge in [-0.1, -0.05) is 25.4 Å². The number of hydrogen-bond donors (Lipinski definition) is 4. The van der Waals surface area contributed by atoms with Gasteiger partial charge in [0.15, 0.2) is 0 Å². The molecule has 2 rings (SSSR count). The summed E-state index contributed by atoms with van der Waals surface area (Å²) in [4.78, 5) is 25.5. The van der Waals surface area contributed by atoms with Gasteiger partial charge in [-0.25, -0.2) is 22.2 Å². The van der Waals surface area contributed by atoms with Gasteiger partial charge in [0, 0.05) is 40.8 Å². The molecule has 214 valence electrons. The van der Waals surface area contributed by atoms with E-state index in [0.717, 1.165) is 11.8 Å². The van der Waals surface area contributed by atoms with Crippen LogP contribution in [0.2, 0.25) is 0 Å². The summed E-state index contributed by atoms with van der Waals surface area (Å²) < 4.78 is 48.2. The molecule has 13 heteroatoms. The summed E-state index contributed by atoms with van der Waals surface area (Å²) in [6, 6.07) is 7.44. The third-order valence-electron chi connectivity index (χ3n) is 4.50. The molecular formula is C26H32ClF3N4O3S2. The number of halogens is 4. The number of allylic oxidation sites excluding steroid dienone is 4. The van der Waals surface area contributed by atoms with Crippen LogP contribution < -0.4 is 20.9 Å². The van der Waals surface area contributed by atoms with Crippen molar-refractivity contribution >= 4 is 59.1 Å². The lowest BCUT2D eigenvalue weighted by Gasteiger charge is -2.11. The van der Waals surface area contributed by atoms with Gasteiger partial charge < -0.3 is 10.6 Å². The highest BCUT2D eigenvalue weighted by molar-refractivity contribution is 7.87. The lowest BCUT2D eigenvalue weighted by Crippen LogP contribution is -2.30. The van der Waals surface area contributed by atoms with Crippen LogP contribution >= 0.6 is 24.2 Å². The Hall–Kier alpha value is -3.22. The van der Waals surface area contributed by atoms with Crippen LogP contribution in [-0.4, -0.2) is 28.8 Å². The zero-order valence-corrected chi connectivity index (χ0v) is 24.6. The van der Waals surface area contributed by atoms with Crippen molar-refractivity contribution in [2.24, 2.45) is 0 Å². The van der Waals surface area contributed by atoms with Crippen LogP contribution in [0.3, 0.4) is 0 Å². The van der Waals surface area contributed by atoms with E-state index < -0.39 is 29.5 Å². The predicted octanol–water partition coefficient (Wildman–Crippen LogP) is 6.97. The Kier molecular flexibility index (Phi) is 18.2. The second-order valence-electron chi connectivity index (χ2n) is 6.97. The quantitative estimate of drug-likeness (QED) is 0.193. The smallest absolute Gasteiger partial charge is 0.331 e. The number of aromatic nitrogens is 1. The Morgan fingerprint density at radius 3 is 2.23 bits per heavy atom. The molecule has 1 unspecified atom stereocenters. The Morgan fingerprint density at radius 2 is 1.72 bits per heavy atom. The number of urea groups is 1. The topological polar surface area (TPSA) is 92.2 Å². The van der Waals surface area contributed by atoms with Gasteiger partial charge in [0.2, 0.25) is 6.93 Å². The van der Waals surface area contributed by atoms with Gasteiger partial charge in [-0.15, -0.1) is 12.6 Å². The van der Waals surface area contributed by atoms with E-state index in [1.165, 1.54) is 16.7 Å². The molecule has 0 radical (unpaired) electrons. The third kappa shape index (κ3) is 12.9. The van der Waals surface area contributed by atoms with Crippen molar-refractivity contribution in [2.45, 2.75) is 27.7 Å². The summed E-state index contributed by atoms with van der Waals surface area (Å²) >= 11 is 9.49. The Bertz CT molecular complexity index is 1270. The summed E-state index contributed by atoms with van der Waals surface area (Å²) in [5.41, 5.74) is 2.11. The number of carbonyl (C=O) groups excluding carboxylic acids is 1. The number of carbonyl (C=O) groups is 1. The fraction of sp³-hybridized carbons (Fsp3) is 0.231. The van der Waals surface area contributed by atoms with E-state index in [1.807, 2.05) is 20.8 Å². The lowest BCUT2D eigenvalue weighted by atomic mass is 10.1. The number of anilines is 1. The fourth-order valence-electron chi connectivity index (χ4n) is 2.71. The highest BCUT2D eigenvalue weighted by Crippen LogP contribution is 2.16. The molecular weight excluding hydrogens is 573 g/mol. The van der Waals surface area contributed by atoms with E-state index in [-0.39, 0.29) is 9.93 Å². The maximum Gasteiger partial charge on any atom is 0.331 e. The third-order valence-corrected chi connectivity index (χ3v) is 5.86. The van der Waals surface area contributed by atoms with Crippen molar-refractivity contribution in [2.75, 3.05) is 19.3 Å². The SMILES string of the molecule is CC.CN/C(C)=C/c1ccn(-c2ccc(NC(=O)NS(=O)/C(C)=C/C=C(\S)Cl)cc2)c(=O)c1/C=C/F.FCF. The molecule has 0 saturated carbocycles. The number of nitrogens with zero attached hydrogens (tertiary/aromatic N) is 1. The number of benzene rings is 1. The van der Waals surface area contributed by atoms with Crippen LogP contribution in [0.4, 0.5) is 23.7 Å². The van der Waals surface area contributed by atoms with Crippen molar-refractivity contribution in [3.8, 4) is 5.69 Å². The van der Waals surface area contributed by atoms with Gasteiger partial charge in [-0.05, 0) is 74.0 Å². The van der Waals surface area contributed by atoms with E-state index in [9.17, 15) is 27.0 Å². The number of rotatable bonds is 8. The monoisotopic (exact) mass is 604 g/mol. The minimum atomic E-state index is -1.76. The summed E-state index contributed by atoms with van der Waals surface area (Å²) in [6.07, 6.45) is 7.69. The number of amides is 2. The molecule has 0 spiro atoms. The van der Waals surface area contributed by atoms with Gasteiger partial charge in [-0.2, -0.15) is 0 Å². The Balaban J connectivity index is 0.00000269. The fourth-order valence-corrected chi connectivity index (χ4v) is 3.41. The Morgan fingerprint density at radius 1 is 1.13 bits per heavy atom. The highest BCUT2D eigenvalue weighted by Gasteiger charge is 2.10. The second kappa shape index (κ2) is 19.8. The largest absolute Gasteiger partial charge is 0.392 e. The van der Waals surface area contributed by atoms with Crippen molar-refractivity contribution in [3.05, 3.63) is 91.5 Å². The zero-order valence-electron chi connectivity index (χ0n) is 22.1. The molecule has 39 heavy (non-hydrogen) atoms. The van der Waals surface area contributed by atoms with Crippen molar-refractivity contribution < 1.29 is 22.2 Å². The summed E-state index contributed by atoms with van der Waals surface area (Å²) in [7, 11) is -0.0141. The van der Waals surface area contributed by atoms with Gasteiger partial charge in [0.1, 0.15) is 11.0 Å². The van der Waals surface area contributed by atoms with Gasteiger partial charge in [-0.3, -0.25) is 14.1 Å². The second-order valence-corrected chi connectivity index (χ2v) is 9.51. The average Bonchev–Trinajstić information content (AvgIpc) is 2.91. The maximum absolute atomic E-state index is 13.0. The molecule has 0 saturated heterocycles. The molecule has 7 nitrogen and oxygen atoms in total. The molecule has 0 aliphatic carbocycles. The summed E-state index contributed by atoms with van der Waals surface area (Å²) in [5, 5.41) is 5.53. The molecule has 0 aliphatic heterocycles. The number of thiol groups is 1. The van der Waals surface area contributed by atoms with Gasteiger partial charge >= 0.3 is 6.03 Å². The van der Waals surface area contributed by atoms with Crippen LogP contribution in [0.15, 0.2) is 74.8 Å². The summed E-state index contributed by atoms with van der Waals surface area (Å²) in [6.45, 7) is 5.65. The zero-order chi connectivity index (χ0) is 30.0. The van der Waals surface area contributed by atoms with Gasteiger partial charge in [0.25, 0.3) is 5.56 Å². The molecule has 1 atom stereocenters. The van der Waals surface area contributed by atoms with Crippen LogP contribution in [0.1, 0.15) is 38.8 Å². The normalized spacial score (nSPS) is 12.5. The molecule has 0 bridgehead atoms. The van der Waals surface area contributed by atoms with E-state index in [2.05, 4.69) is 28.0 Å². The van der Waals surface area contributed by atoms with Crippen LogP contribution in [-0.2, 0) is 11.0 Å². The molecule has 2 aromatic rings. The standard InChI is InChI=1S/C23H24ClFN4O3S2.C2H6.CH2F2/c1-15(26-3)14-17-11-13-29(22(30)20(17)10-12-25)19-7-5-18(6-8-19)27-23(31)28-34(32)16(2)4-9-21(24)33;1-2;2-1-3/h4-14,26,33H,1-3H3,(H2,27,28,31);1-2H3;1H2/b12-10+,15-14+,16-4+,21-9-;;. The molecule has 0 aliphatic rings. The Labute approximate surface area is 239 Å². The number of pyridine rings is 1. The first-order valence-corrected chi connectivity index (χ1v) is 13.4. The number of nitrogens with one attached hydrogen (secondary N) is 3. The van der Waals surface area contributed by atoms with Crippen LogP contribution in [0.25, 0.3) is 17.8 Å². The van der Waals surface area contributed by atoms with E-state index in [0.29, 0.717) is 28.2 Å². The van der Waals surface area contributed by atoms with E-state index in [4.69, 9.17) is 11.6 Å². The molecule has 1 heterocycles. The van der Waals surface area contributed by atoms with Crippen LogP contribution in [0, 0.1) is 0 Å². The maximum atomic E-state index is 13.0. The lowest BCUT2D eigenvalue weighted by molar-refractivity contribution is 0.257. The minimum absolute atomic E-state index is 0.195. The first kappa shape index (κ1) is 35.8. The van der Waals surface area contributed by atoms with E-state index in [1.54, 1.807) is 56.6 Å². The predicted molar refractivity (Wildman–Crippen MR) is 160 cm³/mol. The van der Waals surface area contributed by atoms with Gasteiger partial charge in [0.05, 0.1) is 10.7 Å². The molecule has 1 aromatic heterocycles. The molecule has 1 aromatic carbocycles. The first-order chi connectivity index (χ1) is 18.6. The average molecular weight is 605 g/mol.